The number of benzene rings is 10. The van der Waals surface area contributed by atoms with E-state index in [0.29, 0.717) is 5.76 Å². The van der Waals surface area contributed by atoms with E-state index in [2.05, 4.69) is 193 Å². The van der Waals surface area contributed by atoms with Crippen LogP contribution < -0.4 is 0 Å². The lowest BCUT2D eigenvalue weighted by Crippen LogP contribution is -2.17. The van der Waals surface area contributed by atoms with Crippen LogP contribution in [0.15, 0.2) is 189 Å². The van der Waals surface area contributed by atoms with Crippen molar-refractivity contribution in [3.8, 4) is 44.5 Å². The van der Waals surface area contributed by atoms with Crippen molar-refractivity contribution in [2.45, 2.75) is 38.5 Å². The number of fused-ring (bicyclic) bond motifs is 22. The zero-order valence-corrected chi connectivity index (χ0v) is 40.2. The molecule has 72 heavy (non-hydrogen) atoms. The van der Waals surface area contributed by atoms with Crippen molar-refractivity contribution >= 4 is 110 Å². The lowest BCUT2D eigenvalue weighted by Gasteiger charge is -2.24. The number of furan rings is 4. The topological polar surface area (TPSA) is 52.6 Å². The average Bonchev–Trinajstić information content (AvgIpc) is 4.24. The van der Waals surface area contributed by atoms with Crippen molar-refractivity contribution in [1.29, 1.82) is 0 Å². The molecule has 0 amide bonds. The van der Waals surface area contributed by atoms with Crippen molar-refractivity contribution in [3.05, 3.63) is 204 Å². The second-order valence-electron chi connectivity index (χ2n) is 21.1. The van der Waals surface area contributed by atoms with E-state index in [4.69, 9.17) is 17.7 Å². The van der Waals surface area contributed by atoms with E-state index in [9.17, 15) is 0 Å². The molecule has 10 aromatic carbocycles. The smallest absolute Gasteiger partial charge is 0.143 e. The first-order chi connectivity index (χ1) is 35.1. The molecule has 0 atom stereocenters. The SMILES string of the molecule is C=Cc1oc2cc(-c3cc4c(c5c3oc3ccccc35)-c3cc5c(cc3C4(C)C)-c3c(cc(-c4cc6oc7ccccc7c6c6ccccc46)c4oc6ccccc6c34)C5(C)C)c3ccccc3c2c1C=C. The molecular formula is C68H44O4. The Hall–Kier alpha value is -8.86. The van der Waals surface area contributed by atoms with Gasteiger partial charge in [0.25, 0.3) is 0 Å². The molecular weight excluding hydrogens is 881 g/mol. The Kier molecular flexibility index (Phi) is 7.49. The molecule has 0 unspecified atom stereocenters. The third-order valence-corrected chi connectivity index (χ3v) is 16.8. The van der Waals surface area contributed by atoms with Gasteiger partial charge in [0.1, 0.15) is 44.8 Å². The summed E-state index contributed by atoms with van der Waals surface area (Å²) in [6, 6.07) is 57.2. The summed E-state index contributed by atoms with van der Waals surface area (Å²) in [6.45, 7) is 17.9. The highest BCUT2D eigenvalue weighted by atomic mass is 16.3. The van der Waals surface area contributed by atoms with E-state index in [-0.39, 0.29) is 10.8 Å². The van der Waals surface area contributed by atoms with E-state index in [1.54, 1.807) is 6.08 Å². The minimum Gasteiger partial charge on any atom is -0.456 e. The average molecular weight is 925 g/mol. The molecule has 2 aliphatic rings. The minimum absolute atomic E-state index is 0.378. The molecule has 0 fully saturated rings. The van der Waals surface area contributed by atoms with Crippen LogP contribution in [0, 0.1) is 0 Å². The van der Waals surface area contributed by atoms with Crippen LogP contribution in [0.1, 0.15) is 61.3 Å². The molecule has 0 saturated heterocycles. The summed E-state index contributed by atoms with van der Waals surface area (Å²) in [5, 5.41) is 12.4. The third-order valence-electron chi connectivity index (χ3n) is 16.8. The first-order valence-electron chi connectivity index (χ1n) is 24.9. The highest BCUT2D eigenvalue weighted by molar-refractivity contribution is 6.27. The highest BCUT2D eigenvalue weighted by Gasteiger charge is 2.45. The summed E-state index contributed by atoms with van der Waals surface area (Å²) >= 11 is 0. The summed E-state index contributed by atoms with van der Waals surface area (Å²) in [5.74, 6) is 0.717. The van der Waals surface area contributed by atoms with Crippen molar-refractivity contribution in [1.82, 2.24) is 0 Å². The summed E-state index contributed by atoms with van der Waals surface area (Å²) in [5.41, 5.74) is 20.7. The van der Waals surface area contributed by atoms with Crippen LogP contribution >= 0.6 is 0 Å². The first-order valence-corrected chi connectivity index (χ1v) is 24.9. The van der Waals surface area contributed by atoms with Gasteiger partial charge in [-0.3, -0.25) is 0 Å². The quantitative estimate of drug-likeness (QED) is 0.176. The van der Waals surface area contributed by atoms with E-state index >= 15 is 0 Å². The molecule has 4 heteroatoms. The highest BCUT2D eigenvalue weighted by Crippen LogP contribution is 2.62. The van der Waals surface area contributed by atoms with Gasteiger partial charge in [-0.25, -0.2) is 0 Å². The summed E-state index contributed by atoms with van der Waals surface area (Å²) in [6.07, 6.45) is 3.65. The summed E-state index contributed by atoms with van der Waals surface area (Å²) < 4.78 is 27.4. The van der Waals surface area contributed by atoms with Crippen LogP contribution in [0.2, 0.25) is 0 Å². The molecule has 2 aliphatic carbocycles. The standard InChI is InChI=1S/C68H44O4/c1-7-35-53(8-2)69-57-33-43(36-19-9-11-21-38(36)59(35)57)45-29-51-61(63-41-24-14-17-27-55(41)71-65(45)63)47-31-50-48(32-49(47)67(51,3)4)62-52(68(50,5)6)30-46(66-64(62)42-25-15-18-28-56(42)72-66)44-34-58-60(39-22-12-10-20-37(39)44)40-23-13-16-26-54(40)70-58/h7-34H,1-2H2,3-6H3. The normalized spacial score (nSPS) is 14.4. The Bertz CT molecular complexity index is 4840. The van der Waals surface area contributed by atoms with E-state index in [1.165, 1.54) is 55.3 Å². The van der Waals surface area contributed by atoms with Gasteiger partial charge in [0.2, 0.25) is 0 Å². The maximum absolute atomic E-state index is 7.11. The number of para-hydroxylation sites is 3. The zero-order chi connectivity index (χ0) is 48.1. The minimum atomic E-state index is -0.386. The Morgan fingerprint density at radius 1 is 0.333 bits per heavy atom. The predicted molar refractivity (Wildman–Crippen MR) is 299 cm³/mol. The number of rotatable bonds is 4. The van der Waals surface area contributed by atoms with Crippen LogP contribution in [0.5, 0.6) is 0 Å². The molecule has 0 saturated carbocycles. The molecule has 0 N–H and O–H groups in total. The maximum atomic E-state index is 7.11. The molecule has 4 aromatic heterocycles. The second kappa shape index (κ2) is 13.5. The van der Waals surface area contributed by atoms with Gasteiger partial charge in [0, 0.05) is 65.2 Å². The summed E-state index contributed by atoms with van der Waals surface area (Å²) in [7, 11) is 0. The molecule has 0 spiro atoms. The van der Waals surface area contributed by atoms with Crippen LogP contribution in [0.3, 0.4) is 0 Å². The first kappa shape index (κ1) is 39.9. The van der Waals surface area contributed by atoms with Gasteiger partial charge in [0.05, 0.1) is 0 Å². The van der Waals surface area contributed by atoms with E-state index in [1.807, 2.05) is 12.1 Å². The largest absolute Gasteiger partial charge is 0.456 e. The lowest BCUT2D eigenvalue weighted by atomic mass is 9.78. The van der Waals surface area contributed by atoms with Crippen molar-refractivity contribution in [2.75, 3.05) is 0 Å². The lowest BCUT2D eigenvalue weighted by molar-refractivity contribution is 0.604. The Balaban J connectivity index is 0.974. The van der Waals surface area contributed by atoms with Crippen molar-refractivity contribution in [3.63, 3.8) is 0 Å². The van der Waals surface area contributed by atoms with Gasteiger partial charge in [-0.05, 0) is 138 Å². The maximum Gasteiger partial charge on any atom is 0.143 e. The van der Waals surface area contributed by atoms with Crippen molar-refractivity contribution in [2.24, 2.45) is 0 Å². The summed E-state index contributed by atoms with van der Waals surface area (Å²) in [4.78, 5) is 0. The van der Waals surface area contributed by atoms with Crippen LogP contribution in [0.25, 0.3) is 155 Å². The fourth-order valence-electron chi connectivity index (χ4n) is 13.5. The van der Waals surface area contributed by atoms with Gasteiger partial charge >= 0.3 is 0 Å². The van der Waals surface area contributed by atoms with Crippen LogP contribution in [-0.4, -0.2) is 0 Å². The molecule has 340 valence electrons. The fourth-order valence-corrected chi connectivity index (χ4v) is 13.5. The van der Waals surface area contributed by atoms with Gasteiger partial charge in [-0.1, -0.05) is 150 Å². The molecule has 14 aromatic rings. The van der Waals surface area contributed by atoms with E-state index in [0.717, 1.165) is 115 Å². The van der Waals surface area contributed by atoms with Crippen LogP contribution in [-0.2, 0) is 10.8 Å². The van der Waals surface area contributed by atoms with Gasteiger partial charge in [-0.2, -0.15) is 0 Å². The predicted octanol–water partition coefficient (Wildman–Crippen LogP) is 19.7. The number of hydrogen-bond donors (Lipinski definition) is 0. The zero-order valence-electron chi connectivity index (χ0n) is 40.2. The van der Waals surface area contributed by atoms with Crippen LogP contribution in [0.4, 0.5) is 0 Å². The van der Waals surface area contributed by atoms with Gasteiger partial charge < -0.3 is 17.7 Å². The monoisotopic (exact) mass is 924 g/mol. The Labute approximate surface area is 413 Å². The second-order valence-corrected chi connectivity index (χ2v) is 21.1. The fraction of sp³-hybridized carbons (Fsp3) is 0.0882. The van der Waals surface area contributed by atoms with E-state index < -0.39 is 0 Å². The third kappa shape index (κ3) is 4.82. The molecule has 4 nitrogen and oxygen atoms in total. The molecule has 0 radical (unpaired) electrons. The Morgan fingerprint density at radius 2 is 0.722 bits per heavy atom. The van der Waals surface area contributed by atoms with Gasteiger partial charge in [-0.15, -0.1) is 0 Å². The number of hydrogen-bond acceptors (Lipinski definition) is 4. The van der Waals surface area contributed by atoms with Crippen molar-refractivity contribution < 1.29 is 17.7 Å². The Morgan fingerprint density at radius 3 is 1.19 bits per heavy atom. The molecule has 0 aliphatic heterocycles. The molecule has 0 bridgehead atoms. The molecule has 16 rings (SSSR count). The molecule has 4 heterocycles. The van der Waals surface area contributed by atoms with Gasteiger partial charge in [0.15, 0.2) is 0 Å².